The van der Waals surface area contributed by atoms with Crippen molar-refractivity contribution in [3.05, 3.63) is 35.9 Å². The van der Waals surface area contributed by atoms with Crippen molar-refractivity contribution in [1.29, 1.82) is 0 Å². The summed E-state index contributed by atoms with van der Waals surface area (Å²) in [5, 5.41) is 0. The number of ether oxygens (including phenoxy) is 1. The van der Waals surface area contributed by atoms with E-state index in [-0.39, 0.29) is 29.7 Å². The Hall–Kier alpha value is -1.46. The highest BCUT2D eigenvalue weighted by Gasteiger charge is 2.41. The van der Waals surface area contributed by atoms with Gasteiger partial charge in [-0.05, 0) is 50.9 Å². The van der Waals surface area contributed by atoms with Crippen molar-refractivity contribution in [2.75, 3.05) is 6.61 Å². The van der Waals surface area contributed by atoms with Gasteiger partial charge in [0.1, 0.15) is 5.78 Å². The van der Waals surface area contributed by atoms with E-state index in [4.69, 9.17) is 9.16 Å². The van der Waals surface area contributed by atoms with Gasteiger partial charge < -0.3 is 9.16 Å². The smallest absolute Gasteiger partial charge is 0.306 e. The minimum absolute atomic E-state index is 0.0122. The molecule has 0 bridgehead atoms. The molecule has 4 nitrogen and oxygen atoms in total. The molecule has 0 heterocycles. The van der Waals surface area contributed by atoms with E-state index in [2.05, 4.69) is 19.6 Å². The molecule has 0 saturated heterocycles. The van der Waals surface area contributed by atoms with Crippen LogP contribution < -0.4 is 0 Å². The van der Waals surface area contributed by atoms with Crippen molar-refractivity contribution in [3.63, 3.8) is 0 Å². The standard InChI is InChI=1S/C20H30O4Si/c1-5-23-18(22)14-16-12-9-13-17(21)19(16)20(24-25(2,3)4)15-10-7-6-8-11-15/h6-8,10-11,16,19-20H,5,9,12-14H2,1-4H3/t16-,19-,20-/m1/s1. The van der Waals surface area contributed by atoms with Crippen LogP contribution in [0.3, 0.4) is 0 Å². The zero-order chi connectivity index (χ0) is 18.4. The lowest BCUT2D eigenvalue weighted by Gasteiger charge is -2.38. The number of rotatable bonds is 7. The molecule has 138 valence electrons. The number of hydrogen-bond acceptors (Lipinski definition) is 4. The van der Waals surface area contributed by atoms with E-state index in [1.54, 1.807) is 0 Å². The SMILES string of the molecule is CCOC(=O)C[C@H]1CCCC(=O)[C@@H]1[C@H](O[Si](C)(C)C)c1ccccc1. The van der Waals surface area contributed by atoms with E-state index in [0.29, 0.717) is 19.4 Å². The summed E-state index contributed by atoms with van der Waals surface area (Å²) in [5.74, 6) is -0.284. The normalized spacial score (nSPS) is 22.5. The monoisotopic (exact) mass is 362 g/mol. The fraction of sp³-hybridized carbons (Fsp3) is 0.600. The molecular formula is C20H30O4Si. The average Bonchev–Trinajstić information content (AvgIpc) is 2.53. The van der Waals surface area contributed by atoms with Crippen LogP contribution in [0.2, 0.25) is 19.6 Å². The highest BCUT2D eigenvalue weighted by atomic mass is 28.4. The van der Waals surface area contributed by atoms with E-state index in [1.807, 2.05) is 37.3 Å². The molecule has 0 unspecified atom stereocenters. The third kappa shape index (κ3) is 5.78. The van der Waals surface area contributed by atoms with Crippen molar-refractivity contribution >= 4 is 20.1 Å². The summed E-state index contributed by atoms with van der Waals surface area (Å²) in [4.78, 5) is 24.9. The Morgan fingerprint density at radius 2 is 1.92 bits per heavy atom. The maximum absolute atomic E-state index is 12.8. The molecule has 2 rings (SSSR count). The number of carbonyl (C=O) groups is 2. The van der Waals surface area contributed by atoms with Gasteiger partial charge in [0.15, 0.2) is 8.32 Å². The molecule has 0 radical (unpaired) electrons. The first-order chi connectivity index (χ1) is 11.8. The van der Waals surface area contributed by atoms with Gasteiger partial charge in [0.2, 0.25) is 0 Å². The second-order valence-corrected chi connectivity index (χ2v) is 12.2. The molecule has 1 fully saturated rings. The van der Waals surface area contributed by atoms with Crippen LogP contribution in [-0.4, -0.2) is 26.7 Å². The van der Waals surface area contributed by atoms with Crippen LogP contribution in [0.1, 0.15) is 44.3 Å². The summed E-state index contributed by atoms with van der Waals surface area (Å²) < 4.78 is 11.6. The first-order valence-corrected chi connectivity index (χ1v) is 12.6. The molecule has 1 aliphatic rings. The molecule has 25 heavy (non-hydrogen) atoms. The van der Waals surface area contributed by atoms with Gasteiger partial charge in [0.05, 0.1) is 18.6 Å². The van der Waals surface area contributed by atoms with Gasteiger partial charge in [0.25, 0.3) is 0 Å². The van der Waals surface area contributed by atoms with Crippen LogP contribution in [0.15, 0.2) is 30.3 Å². The Kier molecular flexibility index (Phi) is 6.96. The topological polar surface area (TPSA) is 52.6 Å². The van der Waals surface area contributed by atoms with Gasteiger partial charge >= 0.3 is 5.97 Å². The molecule has 1 aliphatic carbocycles. The lowest BCUT2D eigenvalue weighted by Crippen LogP contribution is -2.40. The fourth-order valence-corrected chi connectivity index (χ4v) is 4.64. The fourth-order valence-electron chi connectivity index (χ4n) is 3.60. The molecule has 0 aromatic heterocycles. The van der Waals surface area contributed by atoms with Crippen LogP contribution in [0.5, 0.6) is 0 Å². The summed E-state index contributed by atoms with van der Waals surface area (Å²) in [5.41, 5.74) is 1.03. The van der Waals surface area contributed by atoms with Crippen LogP contribution in [0.4, 0.5) is 0 Å². The number of ketones is 1. The van der Waals surface area contributed by atoms with Gasteiger partial charge in [-0.2, -0.15) is 0 Å². The molecule has 0 aliphatic heterocycles. The van der Waals surface area contributed by atoms with Gasteiger partial charge in [0, 0.05) is 12.8 Å². The molecule has 1 aromatic rings. The van der Waals surface area contributed by atoms with E-state index in [9.17, 15) is 9.59 Å². The zero-order valence-electron chi connectivity index (χ0n) is 15.8. The molecular weight excluding hydrogens is 332 g/mol. The van der Waals surface area contributed by atoms with Gasteiger partial charge in [-0.25, -0.2) is 0 Å². The summed E-state index contributed by atoms with van der Waals surface area (Å²) in [6.07, 6.45) is 2.30. The Balaban J connectivity index is 2.32. The maximum atomic E-state index is 12.8. The van der Waals surface area contributed by atoms with Crippen LogP contribution >= 0.6 is 0 Å². The molecule has 1 aromatic carbocycles. The zero-order valence-corrected chi connectivity index (χ0v) is 16.8. The average molecular weight is 363 g/mol. The molecule has 0 N–H and O–H groups in total. The van der Waals surface area contributed by atoms with Crippen molar-refractivity contribution in [2.45, 2.75) is 58.4 Å². The van der Waals surface area contributed by atoms with E-state index >= 15 is 0 Å². The first kappa shape index (κ1) is 19.9. The Morgan fingerprint density at radius 1 is 1.24 bits per heavy atom. The third-order valence-electron chi connectivity index (χ3n) is 4.55. The van der Waals surface area contributed by atoms with Gasteiger partial charge in [-0.3, -0.25) is 9.59 Å². The van der Waals surface area contributed by atoms with Crippen molar-refractivity contribution < 1.29 is 18.8 Å². The number of carbonyl (C=O) groups excluding carboxylic acids is 2. The molecule has 3 atom stereocenters. The van der Waals surface area contributed by atoms with E-state index in [1.165, 1.54) is 0 Å². The number of esters is 1. The number of Topliss-reactive ketones (excluding diaryl/α,β-unsaturated/α-hetero) is 1. The predicted octanol–water partition coefficient (Wildman–Crippen LogP) is 4.52. The van der Waals surface area contributed by atoms with Crippen molar-refractivity contribution in [1.82, 2.24) is 0 Å². The van der Waals surface area contributed by atoms with Gasteiger partial charge in [-0.15, -0.1) is 0 Å². The van der Waals surface area contributed by atoms with Crippen molar-refractivity contribution in [3.8, 4) is 0 Å². The lowest BCUT2D eigenvalue weighted by molar-refractivity contribution is -0.146. The lowest BCUT2D eigenvalue weighted by atomic mass is 9.72. The second kappa shape index (κ2) is 8.76. The third-order valence-corrected chi connectivity index (χ3v) is 5.51. The van der Waals surface area contributed by atoms with Gasteiger partial charge in [-0.1, -0.05) is 30.3 Å². The maximum Gasteiger partial charge on any atom is 0.306 e. The highest BCUT2D eigenvalue weighted by Crippen LogP contribution is 2.41. The molecule has 5 heteroatoms. The summed E-state index contributed by atoms with van der Waals surface area (Å²) in [7, 11) is -1.87. The summed E-state index contributed by atoms with van der Waals surface area (Å²) in [6.45, 7) is 8.59. The molecule has 1 saturated carbocycles. The highest BCUT2D eigenvalue weighted by molar-refractivity contribution is 6.69. The minimum atomic E-state index is -1.87. The van der Waals surface area contributed by atoms with Crippen LogP contribution in [0, 0.1) is 11.8 Å². The van der Waals surface area contributed by atoms with E-state index < -0.39 is 8.32 Å². The number of benzene rings is 1. The Bertz CT molecular complexity index is 579. The molecule has 0 amide bonds. The van der Waals surface area contributed by atoms with E-state index in [0.717, 1.165) is 18.4 Å². The summed E-state index contributed by atoms with van der Waals surface area (Å²) >= 11 is 0. The Labute approximate surface area is 152 Å². The summed E-state index contributed by atoms with van der Waals surface area (Å²) in [6, 6.07) is 9.96. The minimum Gasteiger partial charge on any atom is -0.466 e. The van der Waals surface area contributed by atoms with Crippen LogP contribution in [0.25, 0.3) is 0 Å². The number of hydrogen-bond donors (Lipinski definition) is 0. The van der Waals surface area contributed by atoms with Crippen LogP contribution in [-0.2, 0) is 18.8 Å². The first-order valence-electron chi connectivity index (χ1n) is 9.23. The Morgan fingerprint density at radius 3 is 2.52 bits per heavy atom. The predicted molar refractivity (Wildman–Crippen MR) is 101 cm³/mol. The van der Waals surface area contributed by atoms with Crippen molar-refractivity contribution in [2.24, 2.45) is 11.8 Å². The second-order valence-electron chi connectivity index (χ2n) is 7.72. The largest absolute Gasteiger partial charge is 0.466 e. The molecule has 0 spiro atoms. The quantitative estimate of drug-likeness (QED) is 0.529.